The Morgan fingerprint density at radius 3 is 3.06 bits per heavy atom. The van der Waals surface area contributed by atoms with Crippen molar-refractivity contribution in [2.45, 2.75) is 25.4 Å². The third-order valence-corrected chi connectivity index (χ3v) is 4.57. The summed E-state index contributed by atoms with van der Waals surface area (Å²) in [7, 11) is 0. The largest absolute Gasteiger partial charge is 0.309 e. The molecule has 2 fully saturated rings. The molecule has 2 N–H and O–H groups in total. The second-order valence-electron chi connectivity index (χ2n) is 5.53. The minimum atomic E-state index is -0.0730. The normalized spacial score (nSPS) is 44.1. The molecule has 2 nitrogen and oxygen atoms in total. The molecule has 0 spiro atoms. The van der Waals surface area contributed by atoms with E-state index >= 15 is 0 Å². The van der Waals surface area contributed by atoms with Crippen molar-refractivity contribution in [3.05, 3.63) is 35.5 Å². The van der Waals surface area contributed by atoms with Gasteiger partial charge in [0.05, 0.1) is 0 Å². The number of allylic oxidation sites excluding steroid dienone is 4. The lowest BCUT2D eigenvalue weighted by Crippen LogP contribution is -2.28. The topological polar surface area (TPSA) is 38.4 Å². The number of rotatable bonds is 3. The Morgan fingerprint density at radius 2 is 2.50 bits per heavy atom. The Labute approximate surface area is 95.6 Å². The van der Waals surface area contributed by atoms with Gasteiger partial charge >= 0.3 is 0 Å². The SMILES string of the molecule is NC(/N=C/C1=CCC2C[C@H]12)C12C=CC=C1C2. The first-order chi connectivity index (χ1) is 7.79. The zero-order valence-electron chi connectivity index (χ0n) is 9.26. The first kappa shape index (κ1) is 8.94. The van der Waals surface area contributed by atoms with Gasteiger partial charge < -0.3 is 5.73 Å². The summed E-state index contributed by atoms with van der Waals surface area (Å²) >= 11 is 0. The van der Waals surface area contributed by atoms with Crippen molar-refractivity contribution in [1.29, 1.82) is 0 Å². The lowest BCUT2D eigenvalue weighted by atomic mass is 10.0. The zero-order valence-corrected chi connectivity index (χ0v) is 9.26. The summed E-state index contributed by atoms with van der Waals surface area (Å²) in [6.07, 6.45) is 14.6. The van der Waals surface area contributed by atoms with Crippen LogP contribution < -0.4 is 5.73 Å². The Morgan fingerprint density at radius 1 is 1.56 bits per heavy atom. The molecule has 0 aromatic heterocycles. The van der Waals surface area contributed by atoms with Crippen LogP contribution in [0.3, 0.4) is 0 Å². The summed E-state index contributed by atoms with van der Waals surface area (Å²) in [5, 5.41) is 0. The van der Waals surface area contributed by atoms with Crippen LogP contribution >= 0.6 is 0 Å². The van der Waals surface area contributed by atoms with E-state index in [1.165, 1.54) is 24.0 Å². The standard InChI is InChI=1S/C14H16N2/c15-13(14-5-1-2-11(14)7-14)16-8-10-4-3-9-6-12(9)10/h1-2,4-5,8-9,12-13H,3,6-7,15H2/b16-8+/t9?,12-,13?,14?/m0/s1. The van der Waals surface area contributed by atoms with E-state index in [4.69, 9.17) is 5.73 Å². The van der Waals surface area contributed by atoms with Gasteiger partial charge in [-0.15, -0.1) is 0 Å². The number of nitrogens with two attached hydrogens (primary N) is 1. The van der Waals surface area contributed by atoms with Crippen molar-refractivity contribution in [3.63, 3.8) is 0 Å². The third kappa shape index (κ3) is 1.08. The Hall–Kier alpha value is -1.15. The molecular formula is C14H16N2. The minimum Gasteiger partial charge on any atom is -0.309 e. The van der Waals surface area contributed by atoms with Gasteiger partial charge in [-0.2, -0.15) is 0 Å². The van der Waals surface area contributed by atoms with Crippen molar-refractivity contribution >= 4 is 6.21 Å². The van der Waals surface area contributed by atoms with Crippen LogP contribution in [0.25, 0.3) is 0 Å². The molecule has 4 aliphatic carbocycles. The molecule has 0 aliphatic heterocycles. The number of fused-ring (bicyclic) bond motifs is 2. The van der Waals surface area contributed by atoms with Gasteiger partial charge in [0, 0.05) is 11.6 Å². The number of hydrogen-bond acceptors (Lipinski definition) is 2. The lowest BCUT2D eigenvalue weighted by Gasteiger charge is -2.13. The molecule has 0 saturated heterocycles. The Bertz CT molecular complexity index is 469. The molecule has 2 saturated carbocycles. The van der Waals surface area contributed by atoms with E-state index in [0.29, 0.717) is 0 Å². The average Bonchev–Trinajstić information content (AvgIpc) is 3.15. The fraction of sp³-hybridized carbons (Fsp3) is 0.500. The monoisotopic (exact) mass is 212 g/mol. The van der Waals surface area contributed by atoms with E-state index in [2.05, 4.69) is 29.3 Å². The van der Waals surface area contributed by atoms with Gasteiger partial charge in [-0.05, 0) is 36.7 Å². The van der Waals surface area contributed by atoms with Gasteiger partial charge in [-0.25, -0.2) is 0 Å². The van der Waals surface area contributed by atoms with Crippen LogP contribution in [-0.2, 0) is 0 Å². The molecule has 3 unspecified atom stereocenters. The van der Waals surface area contributed by atoms with E-state index in [9.17, 15) is 0 Å². The van der Waals surface area contributed by atoms with E-state index in [-0.39, 0.29) is 11.6 Å². The highest BCUT2D eigenvalue weighted by Crippen LogP contribution is 2.58. The highest BCUT2D eigenvalue weighted by molar-refractivity contribution is 5.81. The summed E-state index contributed by atoms with van der Waals surface area (Å²) in [5.74, 6) is 1.76. The minimum absolute atomic E-state index is 0.0730. The number of nitrogens with zero attached hydrogens (tertiary/aromatic N) is 1. The fourth-order valence-electron chi connectivity index (χ4n) is 3.18. The summed E-state index contributed by atoms with van der Waals surface area (Å²) in [6.45, 7) is 0. The van der Waals surface area contributed by atoms with Crippen LogP contribution in [0.4, 0.5) is 0 Å². The van der Waals surface area contributed by atoms with Crippen molar-refractivity contribution in [1.82, 2.24) is 0 Å². The maximum Gasteiger partial charge on any atom is 0.110 e. The van der Waals surface area contributed by atoms with Crippen LogP contribution in [-0.4, -0.2) is 12.4 Å². The molecule has 0 bridgehead atoms. The zero-order chi connectivity index (χ0) is 10.8. The molecule has 4 atom stereocenters. The van der Waals surface area contributed by atoms with Crippen LogP contribution in [0.15, 0.2) is 40.4 Å². The van der Waals surface area contributed by atoms with Crippen LogP contribution in [0.2, 0.25) is 0 Å². The summed E-state index contributed by atoms with van der Waals surface area (Å²) < 4.78 is 0. The molecule has 2 heteroatoms. The van der Waals surface area contributed by atoms with Gasteiger partial charge in [0.15, 0.2) is 0 Å². The van der Waals surface area contributed by atoms with Gasteiger partial charge in [0.2, 0.25) is 0 Å². The second kappa shape index (κ2) is 2.75. The molecular weight excluding hydrogens is 196 g/mol. The van der Waals surface area contributed by atoms with Gasteiger partial charge in [0.25, 0.3) is 0 Å². The molecule has 82 valence electrons. The molecule has 0 aromatic rings. The summed E-state index contributed by atoms with van der Waals surface area (Å²) in [5.41, 5.74) is 9.18. The van der Waals surface area contributed by atoms with Crippen LogP contribution in [0.5, 0.6) is 0 Å². The molecule has 16 heavy (non-hydrogen) atoms. The quantitative estimate of drug-likeness (QED) is 0.715. The average molecular weight is 212 g/mol. The second-order valence-corrected chi connectivity index (χ2v) is 5.53. The van der Waals surface area contributed by atoms with Crippen LogP contribution in [0.1, 0.15) is 19.3 Å². The first-order valence-electron chi connectivity index (χ1n) is 6.17. The summed E-state index contributed by atoms with van der Waals surface area (Å²) in [4.78, 5) is 4.57. The summed E-state index contributed by atoms with van der Waals surface area (Å²) in [6, 6.07) is 0. The maximum atomic E-state index is 6.17. The Kier molecular flexibility index (Phi) is 1.54. The van der Waals surface area contributed by atoms with Gasteiger partial charge in [0.1, 0.15) is 6.17 Å². The molecule has 0 heterocycles. The Balaban J connectivity index is 1.49. The van der Waals surface area contributed by atoms with Crippen molar-refractivity contribution in [2.75, 3.05) is 0 Å². The smallest absolute Gasteiger partial charge is 0.110 e. The van der Waals surface area contributed by atoms with Gasteiger partial charge in [-0.3, -0.25) is 4.99 Å². The highest BCUT2D eigenvalue weighted by Gasteiger charge is 2.53. The van der Waals surface area contributed by atoms with Crippen molar-refractivity contribution in [3.8, 4) is 0 Å². The number of aliphatic imine (C=N–C) groups is 1. The predicted molar refractivity (Wildman–Crippen MR) is 65.0 cm³/mol. The van der Waals surface area contributed by atoms with Crippen molar-refractivity contribution in [2.24, 2.45) is 28.0 Å². The molecule has 4 rings (SSSR count). The molecule has 0 radical (unpaired) electrons. The van der Waals surface area contributed by atoms with E-state index in [1.807, 2.05) is 6.21 Å². The maximum absolute atomic E-state index is 6.17. The van der Waals surface area contributed by atoms with E-state index < -0.39 is 0 Å². The molecule has 0 aromatic carbocycles. The third-order valence-electron chi connectivity index (χ3n) is 4.57. The fourth-order valence-corrected chi connectivity index (χ4v) is 3.18. The predicted octanol–water partition coefficient (Wildman–Crippen LogP) is 2.19. The first-order valence-corrected chi connectivity index (χ1v) is 6.17. The highest BCUT2D eigenvalue weighted by atomic mass is 15.0. The number of hydrogen-bond donors (Lipinski definition) is 1. The van der Waals surface area contributed by atoms with Crippen LogP contribution in [0, 0.1) is 17.3 Å². The molecule has 0 amide bonds. The molecule has 4 aliphatic rings. The van der Waals surface area contributed by atoms with Crippen molar-refractivity contribution < 1.29 is 0 Å². The van der Waals surface area contributed by atoms with E-state index in [0.717, 1.165) is 18.3 Å². The van der Waals surface area contributed by atoms with E-state index in [1.54, 1.807) is 0 Å². The van der Waals surface area contributed by atoms with Gasteiger partial charge in [-0.1, -0.05) is 29.9 Å². The lowest BCUT2D eigenvalue weighted by molar-refractivity contribution is 0.530.